The Balaban J connectivity index is 2.24. The van der Waals surface area contributed by atoms with E-state index in [2.05, 4.69) is 36.5 Å². The van der Waals surface area contributed by atoms with Crippen LogP contribution in [0.3, 0.4) is 0 Å². The predicted molar refractivity (Wildman–Crippen MR) is 83.0 cm³/mol. The maximum absolute atomic E-state index is 12.3. The number of hydrogen-bond acceptors (Lipinski definition) is 4. The van der Waals surface area contributed by atoms with Crippen LogP contribution in [-0.4, -0.2) is 22.4 Å². The quantitative estimate of drug-likeness (QED) is 0.900. The molecular formula is C14H15BrN4O. The van der Waals surface area contributed by atoms with Gasteiger partial charge in [-0.1, -0.05) is 0 Å². The van der Waals surface area contributed by atoms with Crippen molar-refractivity contribution in [3.05, 3.63) is 46.3 Å². The second-order valence-corrected chi connectivity index (χ2v) is 5.14. The topological polar surface area (TPSA) is 66.9 Å². The van der Waals surface area contributed by atoms with Crippen molar-refractivity contribution in [1.29, 1.82) is 0 Å². The van der Waals surface area contributed by atoms with Crippen molar-refractivity contribution in [2.24, 2.45) is 0 Å². The maximum Gasteiger partial charge on any atom is 0.260 e. The lowest BCUT2D eigenvalue weighted by Crippen LogP contribution is -2.16. The molecule has 0 aliphatic carbocycles. The fourth-order valence-electron chi connectivity index (χ4n) is 1.77. The molecule has 0 bridgehead atoms. The van der Waals surface area contributed by atoms with Gasteiger partial charge in [0.25, 0.3) is 5.91 Å². The molecule has 5 nitrogen and oxygen atoms in total. The van der Waals surface area contributed by atoms with Crippen LogP contribution < -0.4 is 10.6 Å². The van der Waals surface area contributed by atoms with E-state index in [4.69, 9.17) is 0 Å². The van der Waals surface area contributed by atoms with E-state index in [9.17, 15) is 4.79 Å². The van der Waals surface area contributed by atoms with E-state index in [0.29, 0.717) is 11.4 Å². The van der Waals surface area contributed by atoms with Crippen molar-refractivity contribution < 1.29 is 4.79 Å². The Morgan fingerprint density at radius 2 is 2.20 bits per heavy atom. The van der Waals surface area contributed by atoms with Gasteiger partial charge < -0.3 is 10.6 Å². The smallest absolute Gasteiger partial charge is 0.260 e. The number of anilines is 2. The molecule has 0 aliphatic heterocycles. The van der Waals surface area contributed by atoms with E-state index in [1.165, 1.54) is 0 Å². The van der Waals surface area contributed by atoms with Gasteiger partial charge in [-0.05, 0) is 47.5 Å². The van der Waals surface area contributed by atoms with E-state index in [0.717, 1.165) is 22.3 Å². The lowest BCUT2D eigenvalue weighted by atomic mass is 10.2. The van der Waals surface area contributed by atoms with Crippen LogP contribution >= 0.6 is 15.9 Å². The number of nitrogens with one attached hydrogen (secondary N) is 2. The van der Waals surface area contributed by atoms with Gasteiger partial charge in [0, 0.05) is 29.6 Å². The highest BCUT2D eigenvalue weighted by atomic mass is 79.9. The van der Waals surface area contributed by atoms with Crippen molar-refractivity contribution >= 4 is 33.3 Å². The molecule has 6 heteroatoms. The number of carbonyl (C=O) groups is 1. The summed E-state index contributed by atoms with van der Waals surface area (Å²) in [6.07, 6.45) is 4.84. The molecule has 0 saturated heterocycles. The lowest BCUT2D eigenvalue weighted by Gasteiger charge is -2.11. The van der Waals surface area contributed by atoms with Gasteiger partial charge in [-0.2, -0.15) is 0 Å². The van der Waals surface area contributed by atoms with Crippen LogP contribution in [-0.2, 0) is 0 Å². The first kappa shape index (κ1) is 14.5. The fraction of sp³-hybridized carbons (Fsp3) is 0.214. The summed E-state index contributed by atoms with van der Waals surface area (Å²) < 4.78 is 0.878. The minimum Gasteiger partial charge on any atom is -0.385 e. The molecule has 2 rings (SSSR count). The summed E-state index contributed by atoms with van der Waals surface area (Å²) in [4.78, 5) is 20.5. The van der Waals surface area contributed by atoms with E-state index in [-0.39, 0.29) is 5.91 Å². The van der Waals surface area contributed by atoms with Crippen LogP contribution in [0.15, 0.2) is 35.2 Å². The molecule has 20 heavy (non-hydrogen) atoms. The number of amides is 1. The molecule has 2 aromatic heterocycles. The van der Waals surface area contributed by atoms with E-state index < -0.39 is 0 Å². The Morgan fingerprint density at radius 3 is 2.90 bits per heavy atom. The highest BCUT2D eigenvalue weighted by Gasteiger charge is 2.13. The minimum atomic E-state index is -0.230. The van der Waals surface area contributed by atoms with Gasteiger partial charge in [0.15, 0.2) is 0 Å². The number of rotatable bonds is 4. The maximum atomic E-state index is 12.3. The van der Waals surface area contributed by atoms with Gasteiger partial charge in [-0.15, -0.1) is 0 Å². The van der Waals surface area contributed by atoms with Crippen molar-refractivity contribution in [1.82, 2.24) is 9.97 Å². The van der Waals surface area contributed by atoms with Crippen LogP contribution in [0.25, 0.3) is 0 Å². The number of aryl methyl sites for hydroxylation is 1. The van der Waals surface area contributed by atoms with Crippen molar-refractivity contribution in [2.75, 3.05) is 17.2 Å². The van der Waals surface area contributed by atoms with Crippen molar-refractivity contribution in [2.45, 2.75) is 13.8 Å². The van der Waals surface area contributed by atoms with E-state index in [1.54, 1.807) is 24.7 Å². The SMILES string of the molecule is CCNc1ccncc1C(=O)Nc1ncc(Br)cc1C. The monoisotopic (exact) mass is 334 g/mol. The molecule has 0 aromatic carbocycles. The first-order valence-corrected chi connectivity index (χ1v) is 7.02. The zero-order chi connectivity index (χ0) is 14.5. The Hall–Kier alpha value is -1.95. The molecule has 0 unspecified atom stereocenters. The Labute approximate surface area is 126 Å². The molecule has 1 amide bonds. The minimum absolute atomic E-state index is 0.230. The van der Waals surface area contributed by atoms with Gasteiger partial charge in [0.1, 0.15) is 5.82 Å². The first-order chi connectivity index (χ1) is 9.61. The zero-order valence-electron chi connectivity index (χ0n) is 11.3. The average molecular weight is 335 g/mol. The van der Waals surface area contributed by atoms with Crippen LogP contribution in [0.4, 0.5) is 11.5 Å². The third-order valence-electron chi connectivity index (χ3n) is 2.71. The Morgan fingerprint density at radius 1 is 1.40 bits per heavy atom. The summed E-state index contributed by atoms with van der Waals surface area (Å²) in [5.74, 6) is 0.316. The van der Waals surface area contributed by atoms with Gasteiger partial charge in [0.05, 0.1) is 11.3 Å². The summed E-state index contributed by atoms with van der Waals surface area (Å²) >= 11 is 3.34. The van der Waals surface area contributed by atoms with E-state index >= 15 is 0 Å². The first-order valence-electron chi connectivity index (χ1n) is 6.23. The number of aromatic nitrogens is 2. The number of nitrogens with zero attached hydrogens (tertiary/aromatic N) is 2. The molecule has 2 aromatic rings. The lowest BCUT2D eigenvalue weighted by molar-refractivity contribution is 0.102. The third-order valence-corrected chi connectivity index (χ3v) is 3.14. The predicted octanol–water partition coefficient (Wildman–Crippen LogP) is 3.23. The molecule has 104 valence electrons. The second kappa shape index (κ2) is 6.47. The van der Waals surface area contributed by atoms with Gasteiger partial charge in [-0.25, -0.2) is 4.98 Å². The molecule has 2 N–H and O–H groups in total. The molecule has 0 saturated carbocycles. The van der Waals surface area contributed by atoms with Crippen LogP contribution in [0.2, 0.25) is 0 Å². The van der Waals surface area contributed by atoms with Gasteiger partial charge in [0.2, 0.25) is 0 Å². The van der Waals surface area contributed by atoms with Crippen LogP contribution in [0.5, 0.6) is 0 Å². The van der Waals surface area contributed by atoms with Crippen molar-refractivity contribution in [3.8, 4) is 0 Å². The van der Waals surface area contributed by atoms with Crippen LogP contribution in [0, 0.1) is 6.92 Å². The summed E-state index contributed by atoms with van der Waals surface area (Å²) in [5.41, 5.74) is 2.15. The third kappa shape index (κ3) is 3.33. The Bertz CT molecular complexity index is 630. The zero-order valence-corrected chi connectivity index (χ0v) is 12.9. The van der Waals surface area contributed by atoms with Gasteiger partial charge in [-0.3, -0.25) is 9.78 Å². The summed E-state index contributed by atoms with van der Waals surface area (Å²) in [7, 11) is 0. The number of carbonyl (C=O) groups excluding carboxylic acids is 1. The molecule has 0 fully saturated rings. The summed E-state index contributed by atoms with van der Waals surface area (Å²) in [6, 6.07) is 3.68. The number of hydrogen-bond donors (Lipinski definition) is 2. The largest absolute Gasteiger partial charge is 0.385 e. The standard InChI is InChI=1S/C14H15BrN4O/c1-3-17-12-4-5-16-8-11(12)14(20)19-13-9(2)6-10(15)7-18-13/h4-8H,3H2,1-2H3,(H,16,17)(H,18,19,20). The molecule has 0 radical (unpaired) electrons. The fourth-order valence-corrected chi connectivity index (χ4v) is 2.21. The molecule has 0 spiro atoms. The van der Waals surface area contributed by atoms with Crippen molar-refractivity contribution in [3.63, 3.8) is 0 Å². The van der Waals surface area contributed by atoms with E-state index in [1.807, 2.05) is 19.9 Å². The summed E-state index contributed by atoms with van der Waals surface area (Å²) in [5, 5.41) is 5.94. The second-order valence-electron chi connectivity index (χ2n) is 4.22. The molecular weight excluding hydrogens is 320 g/mol. The Kier molecular flexibility index (Phi) is 4.68. The van der Waals surface area contributed by atoms with Crippen LogP contribution in [0.1, 0.15) is 22.8 Å². The molecule has 2 heterocycles. The average Bonchev–Trinajstić information content (AvgIpc) is 2.43. The normalized spacial score (nSPS) is 10.2. The summed E-state index contributed by atoms with van der Waals surface area (Å²) in [6.45, 7) is 4.60. The highest BCUT2D eigenvalue weighted by molar-refractivity contribution is 9.10. The van der Waals surface area contributed by atoms with Gasteiger partial charge >= 0.3 is 0 Å². The molecule has 0 atom stereocenters. The molecule has 0 aliphatic rings. The number of halogens is 1. The number of pyridine rings is 2. The highest BCUT2D eigenvalue weighted by Crippen LogP contribution is 2.19.